The number of likely N-dealkylation sites (N-methyl/N-ethyl adjacent to an activating group) is 1. The van der Waals surface area contributed by atoms with Gasteiger partial charge >= 0.3 is 5.97 Å². The Balaban J connectivity index is 2.12. The average molecular weight is 399 g/mol. The maximum atomic E-state index is 13.3. The van der Waals surface area contributed by atoms with Crippen LogP contribution in [0.5, 0.6) is 0 Å². The second kappa shape index (κ2) is 7.01. The molecule has 0 saturated heterocycles. The molecule has 6 nitrogen and oxygen atoms in total. The monoisotopic (exact) mass is 398 g/mol. The van der Waals surface area contributed by atoms with E-state index < -0.39 is 17.1 Å². The lowest BCUT2D eigenvalue weighted by Gasteiger charge is -2.30. The Morgan fingerprint density at radius 3 is 2.48 bits per heavy atom. The molecule has 1 atom stereocenters. The minimum absolute atomic E-state index is 0.0630. The van der Waals surface area contributed by atoms with Gasteiger partial charge in [-0.15, -0.1) is 0 Å². The number of esters is 1. The van der Waals surface area contributed by atoms with E-state index in [0.29, 0.717) is 11.3 Å². The SMILES string of the molecule is CCOC(=O)C1=CC(=NC(C)(C)CC(C)(C)C)OC12C(=O)N(C)c1ccccc12. The predicted molar refractivity (Wildman–Crippen MR) is 113 cm³/mol. The minimum atomic E-state index is -1.55. The summed E-state index contributed by atoms with van der Waals surface area (Å²) in [5.41, 5.74) is -0.399. The van der Waals surface area contributed by atoms with Crippen LogP contribution in [0.3, 0.4) is 0 Å². The summed E-state index contributed by atoms with van der Waals surface area (Å²) in [5.74, 6) is -0.609. The molecule has 0 saturated carbocycles. The molecule has 0 bridgehead atoms. The summed E-state index contributed by atoms with van der Waals surface area (Å²) in [6, 6.07) is 7.34. The lowest BCUT2D eigenvalue weighted by molar-refractivity contribution is -0.144. The van der Waals surface area contributed by atoms with Gasteiger partial charge in [-0.25, -0.2) is 9.79 Å². The molecule has 1 unspecified atom stereocenters. The summed E-state index contributed by atoms with van der Waals surface area (Å²) in [5, 5.41) is 0. The van der Waals surface area contributed by atoms with Crippen LogP contribution in [0.25, 0.3) is 0 Å². The molecule has 1 aromatic rings. The van der Waals surface area contributed by atoms with E-state index in [1.54, 1.807) is 20.0 Å². The van der Waals surface area contributed by atoms with Crippen LogP contribution in [0.4, 0.5) is 5.69 Å². The van der Waals surface area contributed by atoms with Gasteiger partial charge < -0.3 is 14.4 Å². The second-order valence-electron chi connectivity index (χ2n) is 9.44. The zero-order chi connectivity index (χ0) is 21.6. The van der Waals surface area contributed by atoms with Crippen LogP contribution < -0.4 is 4.90 Å². The number of fused-ring (bicyclic) bond motifs is 2. The van der Waals surface area contributed by atoms with Gasteiger partial charge in [0.05, 0.1) is 17.8 Å². The molecule has 1 aromatic carbocycles. The lowest BCUT2D eigenvalue weighted by atomic mass is 9.82. The number of rotatable bonds is 4. The molecule has 0 radical (unpaired) electrons. The Morgan fingerprint density at radius 1 is 1.21 bits per heavy atom. The quantitative estimate of drug-likeness (QED) is 0.719. The number of anilines is 1. The molecule has 1 amide bonds. The van der Waals surface area contributed by atoms with Crippen molar-refractivity contribution in [1.29, 1.82) is 0 Å². The Morgan fingerprint density at radius 2 is 1.86 bits per heavy atom. The van der Waals surface area contributed by atoms with E-state index in [-0.39, 0.29) is 29.4 Å². The van der Waals surface area contributed by atoms with Gasteiger partial charge in [-0.05, 0) is 38.7 Å². The highest BCUT2D eigenvalue weighted by atomic mass is 16.5. The zero-order valence-electron chi connectivity index (χ0n) is 18.3. The van der Waals surface area contributed by atoms with Crippen LogP contribution >= 0.6 is 0 Å². The van der Waals surface area contributed by atoms with Crippen LogP contribution in [0.15, 0.2) is 40.9 Å². The number of benzene rings is 1. The first kappa shape index (κ1) is 21.1. The number of carbonyl (C=O) groups excluding carboxylic acids is 2. The van der Waals surface area contributed by atoms with Gasteiger partial charge in [-0.3, -0.25) is 4.79 Å². The third-order valence-electron chi connectivity index (χ3n) is 5.03. The first-order valence-corrected chi connectivity index (χ1v) is 9.97. The number of aliphatic imine (C=N–C) groups is 1. The van der Waals surface area contributed by atoms with E-state index in [1.807, 2.05) is 38.1 Å². The molecule has 1 spiro atoms. The summed E-state index contributed by atoms with van der Waals surface area (Å²) in [7, 11) is 1.68. The van der Waals surface area contributed by atoms with E-state index >= 15 is 0 Å². The number of para-hydroxylation sites is 1. The zero-order valence-corrected chi connectivity index (χ0v) is 18.3. The molecule has 0 fully saturated rings. The van der Waals surface area contributed by atoms with E-state index in [0.717, 1.165) is 6.42 Å². The second-order valence-corrected chi connectivity index (χ2v) is 9.44. The molecule has 29 heavy (non-hydrogen) atoms. The highest BCUT2D eigenvalue weighted by molar-refractivity contribution is 6.19. The van der Waals surface area contributed by atoms with Gasteiger partial charge in [0.2, 0.25) is 11.5 Å². The third kappa shape index (κ3) is 3.68. The van der Waals surface area contributed by atoms with Crippen LogP contribution in [-0.2, 0) is 24.7 Å². The molecule has 2 aliphatic rings. The molecule has 156 valence electrons. The fourth-order valence-corrected chi connectivity index (χ4v) is 4.45. The van der Waals surface area contributed by atoms with Crippen molar-refractivity contribution in [2.75, 3.05) is 18.6 Å². The molecule has 0 N–H and O–H groups in total. The van der Waals surface area contributed by atoms with Gasteiger partial charge in [0.15, 0.2) is 0 Å². The molecule has 6 heteroatoms. The lowest BCUT2D eigenvalue weighted by Crippen LogP contribution is -2.43. The van der Waals surface area contributed by atoms with Crippen molar-refractivity contribution in [3.05, 3.63) is 41.5 Å². The van der Waals surface area contributed by atoms with Crippen molar-refractivity contribution in [3.8, 4) is 0 Å². The topological polar surface area (TPSA) is 68.2 Å². The number of amides is 1. The number of hydrogen-bond donors (Lipinski definition) is 0. The molecule has 2 aliphatic heterocycles. The number of ether oxygens (including phenoxy) is 2. The summed E-state index contributed by atoms with van der Waals surface area (Å²) in [6.07, 6.45) is 2.38. The maximum Gasteiger partial charge on any atom is 0.339 e. The van der Waals surface area contributed by atoms with Gasteiger partial charge in [-0.2, -0.15) is 0 Å². The van der Waals surface area contributed by atoms with E-state index in [2.05, 4.69) is 20.8 Å². The highest BCUT2D eigenvalue weighted by Crippen LogP contribution is 2.50. The van der Waals surface area contributed by atoms with Crippen molar-refractivity contribution in [2.24, 2.45) is 10.4 Å². The number of hydrogen-bond acceptors (Lipinski definition) is 5. The summed E-state index contributed by atoms with van der Waals surface area (Å²) < 4.78 is 11.5. The smallest absolute Gasteiger partial charge is 0.339 e. The minimum Gasteiger partial charge on any atom is -0.462 e. The van der Waals surface area contributed by atoms with Crippen LogP contribution in [-0.4, -0.2) is 37.0 Å². The fourth-order valence-electron chi connectivity index (χ4n) is 4.45. The number of carbonyl (C=O) groups is 2. The van der Waals surface area contributed by atoms with Gasteiger partial charge in [0.25, 0.3) is 5.91 Å². The Bertz CT molecular complexity index is 908. The number of nitrogens with zero attached hydrogens (tertiary/aromatic N) is 2. The molecule has 0 aromatic heterocycles. The molecular weight excluding hydrogens is 368 g/mol. The maximum absolute atomic E-state index is 13.3. The van der Waals surface area contributed by atoms with Crippen molar-refractivity contribution in [3.63, 3.8) is 0 Å². The first-order valence-electron chi connectivity index (χ1n) is 9.97. The molecular formula is C23H30N2O4. The molecule has 2 heterocycles. The summed E-state index contributed by atoms with van der Waals surface area (Å²) in [6.45, 7) is 12.4. The highest BCUT2D eigenvalue weighted by Gasteiger charge is 2.60. The third-order valence-corrected chi connectivity index (χ3v) is 5.03. The van der Waals surface area contributed by atoms with E-state index in [4.69, 9.17) is 14.5 Å². The van der Waals surface area contributed by atoms with Gasteiger partial charge in [-0.1, -0.05) is 39.0 Å². The Kier molecular flexibility index (Phi) is 5.10. The Hall–Kier alpha value is -2.63. The standard InChI is InChI=1S/C23H30N2O4/c1-8-28-19(26)16-13-18(24-22(5,6)14-21(2,3)4)29-23(16)15-11-9-10-12-17(15)25(7)20(23)27/h9-13H,8,14H2,1-7H3. The molecule has 0 aliphatic carbocycles. The van der Waals surface area contributed by atoms with Crippen molar-refractivity contribution < 1.29 is 19.1 Å². The predicted octanol–water partition coefficient (Wildman–Crippen LogP) is 3.99. The van der Waals surface area contributed by atoms with Crippen molar-refractivity contribution in [2.45, 2.75) is 59.1 Å². The molecule has 3 rings (SSSR count). The fraction of sp³-hybridized carbons (Fsp3) is 0.522. The Labute approximate surface area is 172 Å². The summed E-state index contributed by atoms with van der Waals surface area (Å²) >= 11 is 0. The normalized spacial score (nSPS) is 22.7. The van der Waals surface area contributed by atoms with E-state index in [1.165, 1.54) is 4.90 Å². The average Bonchev–Trinajstić information content (AvgIpc) is 3.06. The van der Waals surface area contributed by atoms with E-state index in [9.17, 15) is 9.59 Å². The van der Waals surface area contributed by atoms with Crippen LogP contribution in [0.1, 0.15) is 53.5 Å². The summed E-state index contributed by atoms with van der Waals surface area (Å²) in [4.78, 5) is 32.5. The van der Waals surface area contributed by atoms with Crippen LogP contribution in [0.2, 0.25) is 0 Å². The first-order chi connectivity index (χ1) is 13.4. The van der Waals surface area contributed by atoms with Crippen molar-refractivity contribution in [1.82, 2.24) is 0 Å². The van der Waals surface area contributed by atoms with Crippen molar-refractivity contribution >= 4 is 23.5 Å². The van der Waals surface area contributed by atoms with Crippen LogP contribution in [0, 0.1) is 5.41 Å². The van der Waals surface area contributed by atoms with Gasteiger partial charge in [0, 0.05) is 18.7 Å². The van der Waals surface area contributed by atoms with Gasteiger partial charge in [0.1, 0.15) is 5.57 Å². The largest absolute Gasteiger partial charge is 0.462 e.